The van der Waals surface area contributed by atoms with Crippen LogP contribution >= 0.6 is 0 Å². The summed E-state index contributed by atoms with van der Waals surface area (Å²) < 4.78 is 10.8. The van der Waals surface area contributed by atoms with E-state index in [0.29, 0.717) is 45.6 Å². The zero-order valence-electron chi connectivity index (χ0n) is 30.7. The van der Waals surface area contributed by atoms with Gasteiger partial charge in [-0.2, -0.15) is 11.0 Å². The number of aliphatic carboxylic acids is 1. The average Bonchev–Trinajstić information content (AvgIpc) is 3.00. The highest BCUT2D eigenvalue weighted by Crippen LogP contribution is 2.23. The van der Waals surface area contributed by atoms with Crippen molar-refractivity contribution < 1.29 is 48.3 Å². The molecule has 4 N–H and O–H groups in total. The lowest BCUT2D eigenvalue weighted by Gasteiger charge is -2.39. The van der Waals surface area contributed by atoms with Gasteiger partial charge in [0.25, 0.3) is 5.91 Å². The topological polar surface area (TPSA) is 177 Å². The van der Waals surface area contributed by atoms with Gasteiger partial charge in [0.15, 0.2) is 0 Å². The van der Waals surface area contributed by atoms with E-state index in [1.165, 1.54) is 9.80 Å². The number of nitrogens with zero attached hydrogens (tertiary/aromatic N) is 2. The van der Waals surface area contributed by atoms with E-state index in [-0.39, 0.29) is 24.5 Å². The lowest BCUT2D eigenvalue weighted by Crippen LogP contribution is -2.58. The van der Waals surface area contributed by atoms with Crippen molar-refractivity contribution in [2.24, 2.45) is 0 Å². The molecular formula is C33H63N5O10. The van der Waals surface area contributed by atoms with Crippen LogP contribution in [0, 0.1) is 0 Å². The molecule has 0 bridgehead atoms. The lowest BCUT2D eigenvalue weighted by atomic mass is 9.98. The molecule has 3 amide bonds. The summed E-state index contributed by atoms with van der Waals surface area (Å²) in [4.78, 5) is 67.3. The number of hydrogen-bond donors (Lipinski definition) is 4. The van der Waals surface area contributed by atoms with Crippen LogP contribution in [0.2, 0.25) is 0 Å². The van der Waals surface area contributed by atoms with E-state index in [9.17, 15) is 24.3 Å². The number of likely N-dealkylation sites (tertiary alicyclic amines) is 2. The minimum Gasteiger partial charge on any atom is -0.480 e. The number of hydrogen-bond acceptors (Lipinski definition) is 11. The van der Waals surface area contributed by atoms with Crippen LogP contribution in [-0.2, 0) is 33.6 Å². The Labute approximate surface area is 286 Å². The van der Waals surface area contributed by atoms with Crippen molar-refractivity contribution in [3.05, 3.63) is 0 Å². The van der Waals surface area contributed by atoms with E-state index in [1.54, 1.807) is 41.5 Å². The predicted molar refractivity (Wildman–Crippen MR) is 180 cm³/mol. The SMILES string of the molecule is CCCCON[C@@H]1CC[C@@H](C(=O)NOCCC)N(C(=O)OC(C)(C)C)C1.CCCCON[C@@H]1CC[C@@H](C(=O)O)N(C(=O)OC(C)(C)C)C1. The third-order valence-electron chi connectivity index (χ3n) is 7.19. The molecule has 0 aromatic rings. The van der Waals surface area contributed by atoms with Crippen molar-refractivity contribution in [1.29, 1.82) is 0 Å². The van der Waals surface area contributed by atoms with Gasteiger partial charge in [-0.05, 0) is 86.5 Å². The molecule has 0 radical (unpaired) electrons. The Hall–Kier alpha value is -2.72. The average molecular weight is 690 g/mol. The standard InChI is InChI=1S/C18H35N3O5.C15H28N2O5/c1-6-8-12-25-19-14-9-10-15(16(22)20-24-11-7-2)21(13-14)17(23)26-18(3,4)5;1-5-6-9-21-16-11-7-8-12(13(18)19)17(10-11)14(20)22-15(2,3)4/h14-15,19H,6-13H2,1-5H3,(H,20,22);11-12,16H,5-10H2,1-4H3,(H,18,19)/t14-,15+;11-,12+/m11/s1. The summed E-state index contributed by atoms with van der Waals surface area (Å²) in [6.07, 6.45) is 5.95. The number of rotatable bonds is 15. The van der Waals surface area contributed by atoms with Gasteiger partial charge in [0.1, 0.15) is 23.3 Å². The quantitative estimate of drug-likeness (QED) is 0.138. The molecule has 280 valence electrons. The first-order chi connectivity index (χ1) is 22.5. The Bertz CT molecular complexity index is 971. The molecule has 0 spiro atoms. The fraction of sp³-hybridized carbons (Fsp3) is 0.879. The van der Waals surface area contributed by atoms with Gasteiger partial charge in [0.2, 0.25) is 0 Å². The third-order valence-corrected chi connectivity index (χ3v) is 7.19. The van der Waals surface area contributed by atoms with Gasteiger partial charge in [0, 0.05) is 13.1 Å². The summed E-state index contributed by atoms with van der Waals surface area (Å²) in [6.45, 7) is 19.1. The highest BCUT2D eigenvalue weighted by molar-refractivity contribution is 5.85. The molecule has 48 heavy (non-hydrogen) atoms. The number of amides is 3. The number of carboxylic acids is 1. The summed E-state index contributed by atoms with van der Waals surface area (Å²) >= 11 is 0. The number of ether oxygens (including phenoxy) is 2. The largest absolute Gasteiger partial charge is 0.480 e. The summed E-state index contributed by atoms with van der Waals surface area (Å²) in [5, 5.41) is 9.29. The fourth-order valence-electron chi connectivity index (χ4n) is 4.79. The monoisotopic (exact) mass is 689 g/mol. The maximum absolute atomic E-state index is 12.6. The highest BCUT2D eigenvalue weighted by atomic mass is 16.7. The molecule has 0 aromatic carbocycles. The number of carbonyl (C=O) groups is 4. The van der Waals surface area contributed by atoms with Crippen molar-refractivity contribution in [2.45, 2.75) is 155 Å². The number of carbonyl (C=O) groups excluding carboxylic acids is 3. The van der Waals surface area contributed by atoms with Gasteiger partial charge in [-0.15, -0.1) is 0 Å². The van der Waals surface area contributed by atoms with Crippen LogP contribution in [0.5, 0.6) is 0 Å². The smallest absolute Gasteiger partial charge is 0.411 e. The maximum atomic E-state index is 12.6. The number of piperidine rings is 2. The van der Waals surface area contributed by atoms with Crippen LogP contribution in [0.15, 0.2) is 0 Å². The predicted octanol–water partition coefficient (Wildman–Crippen LogP) is 4.69. The Morgan fingerprint density at radius 3 is 1.48 bits per heavy atom. The van der Waals surface area contributed by atoms with Crippen LogP contribution in [-0.4, -0.2) is 107 Å². The molecular weight excluding hydrogens is 626 g/mol. The van der Waals surface area contributed by atoms with E-state index in [0.717, 1.165) is 38.5 Å². The molecule has 2 aliphatic heterocycles. The molecule has 2 fully saturated rings. The van der Waals surface area contributed by atoms with Crippen molar-refractivity contribution >= 4 is 24.1 Å². The second-order valence-electron chi connectivity index (χ2n) is 14.1. The molecule has 0 unspecified atom stereocenters. The first-order valence-electron chi connectivity index (χ1n) is 17.4. The first-order valence-corrected chi connectivity index (χ1v) is 17.4. The molecule has 0 aliphatic carbocycles. The molecule has 15 heteroatoms. The Morgan fingerprint density at radius 2 is 1.08 bits per heavy atom. The highest BCUT2D eigenvalue weighted by Gasteiger charge is 2.39. The van der Waals surface area contributed by atoms with Gasteiger partial charge < -0.3 is 24.3 Å². The number of unbranched alkanes of at least 4 members (excludes halogenated alkanes) is 2. The van der Waals surface area contributed by atoms with Crippen LogP contribution in [0.25, 0.3) is 0 Å². The molecule has 2 heterocycles. The molecule has 0 saturated carbocycles. The van der Waals surface area contributed by atoms with Crippen molar-refractivity contribution in [1.82, 2.24) is 26.2 Å². The zero-order valence-corrected chi connectivity index (χ0v) is 30.7. The van der Waals surface area contributed by atoms with E-state index < -0.39 is 41.4 Å². The summed E-state index contributed by atoms with van der Waals surface area (Å²) in [7, 11) is 0. The second-order valence-corrected chi connectivity index (χ2v) is 14.1. The molecule has 15 nitrogen and oxygen atoms in total. The Morgan fingerprint density at radius 1 is 0.646 bits per heavy atom. The molecule has 0 aromatic heterocycles. The van der Waals surface area contributed by atoms with Crippen molar-refractivity contribution in [3.63, 3.8) is 0 Å². The van der Waals surface area contributed by atoms with Gasteiger partial charge in [-0.25, -0.2) is 19.9 Å². The van der Waals surface area contributed by atoms with E-state index in [4.69, 9.17) is 24.0 Å². The minimum absolute atomic E-state index is 0.0417. The second kappa shape index (κ2) is 22.1. The van der Waals surface area contributed by atoms with Gasteiger partial charge in [0.05, 0.1) is 31.9 Å². The molecule has 2 aliphatic rings. The first kappa shape index (κ1) is 43.3. The minimum atomic E-state index is -1.00. The third kappa shape index (κ3) is 17.6. The summed E-state index contributed by atoms with van der Waals surface area (Å²) in [6, 6.07) is -1.58. The maximum Gasteiger partial charge on any atom is 0.411 e. The van der Waals surface area contributed by atoms with Crippen molar-refractivity contribution in [3.8, 4) is 0 Å². The number of hydroxylamine groups is 3. The zero-order chi connectivity index (χ0) is 36.3. The van der Waals surface area contributed by atoms with Gasteiger partial charge >= 0.3 is 18.2 Å². The summed E-state index contributed by atoms with van der Waals surface area (Å²) in [5.41, 5.74) is 7.08. The van der Waals surface area contributed by atoms with Gasteiger partial charge in [-0.1, -0.05) is 33.6 Å². The molecule has 4 atom stereocenters. The van der Waals surface area contributed by atoms with Crippen LogP contribution < -0.4 is 16.4 Å². The number of nitrogens with one attached hydrogen (secondary N) is 3. The Balaban J connectivity index is 0.000000487. The number of carboxylic acid groups (broad SMARTS) is 1. The molecule has 2 saturated heterocycles. The van der Waals surface area contributed by atoms with Gasteiger partial charge in [-0.3, -0.25) is 19.4 Å². The van der Waals surface area contributed by atoms with Crippen molar-refractivity contribution in [2.75, 3.05) is 32.9 Å². The molecule has 2 rings (SSSR count). The Kier molecular flexibility index (Phi) is 19.9. The normalized spacial score (nSPS) is 21.5. The summed E-state index contributed by atoms with van der Waals surface area (Å²) in [5.74, 6) is -1.33. The lowest BCUT2D eigenvalue weighted by molar-refractivity contribution is -0.145. The van der Waals surface area contributed by atoms with E-state index >= 15 is 0 Å². The fourth-order valence-corrected chi connectivity index (χ4v) is 4.79. The van der Waals surface area contributed by atoms with E-state index in [2.05, 4.69) is 30.3 Å². The van der Waals surface area contributed by atoms with Crippen LogP contribution in [0.1, 0.15) is 120 Å². The van der Waals surface area contributed by atoms with Crippen LogP contribution in [0.4, 0.5) is 9.59 Å². The van der Waals surface area contributed by atoms with Crippen LogP contribution in [0.3, 0.4) is 0 Å². The van der Waals surface area contributed by atoms with E-state index in [1.807, 2.05) is 6.92 Å².